The van der Waals surface area contributed by atoms with E-state index in [1.807, 2.05) is 0 Å². The van der Waals surface area contributed by atoms with Gasteiger partial charge in [-0.15, -0.1) is 0 Å². The Balaban J connectivity index is 2.47. The molecule has 1 atom stereocenters. The Morgan fingerprint density at radius 3 is 2.65 bits per heavy atom. The second-order valence-corrected chi connectivity index (χ2v) is 4.22. The molecule has 20 heavy (non-hydrogen) atoms. The smallest absolute Gasteiger partial charge is 0.355 e. The normalized spacial score (nSPS) is 12.3. The van der Waals surface area contributed by atoms with E-state index < -0.39 is 18.0 Å². The van der Waals surface area contributed by atoms with Crippen LogP contribution in [0.3, 0.4) is 0 Å². The van der Waals surface area contributed by atoms with Crippen LogP contribution in [0.15, 0.2) is 22.8 Å². The standard InChI is InChI=1S/C14H17NO5/c1-4-18-13(16)9(3)15-10-6-7-20-12(10)8-11(15)14(17)19-5-2/h6-9H,4-5H2,1-3H3/t9-/m0/s1. The third-order valence-electron chi connectivity index (χ3n) is 2.96. The van der Waals surface area contributed by atoms with Gasteiger partial charge in [-0.25, -0.2) is 9.59 Å². The molecule has 0 amide bonds. The molecule has 0 unspecified atom stereocenters. The number of hydrogen-bond donors (Lipinski definition) is 0. The van der Waals surface area contributed by atoms with Crippen molar-refractivity contribution in [3.8, 4) is 0 Å². The van der Waals surface area contributed by atoms with Crippen LogP contribution in [0.25, 0.3) is 11.1 Å². The van der Waals surface area contributed by atoms with E-state index in [0.29, 0.717) is 11.1 Å². The van der Waals surface area contributed by atoms with Gasteiger partial charge in [-0.1, -0.05) is 0 Å². The Kier molecular flexibility index (Phi) is 4.12. The van der Waals surface area contributed by atoms with Crippen LogP contribution >= 0.6 is 0 Å². The largest absolute Gasteiger partial charge is 0.464 e. The summed E-state index contributed by atoms with van der Waals surface area (Å²) in [5.41, 5.74) is 1.47. The van der Waals surface area contributed by atoms with Gasteiger partial charge in [-0.3, -0.25) is 0 Å². The molecule has 0 bridgehead atoms. The minimum atomic E-state index is -0.635. The molecule has 0 aromatic carbocycles. The molecule has 0 N–H and O–H groups in total. The highest BCUT2D eigenvalue weighted by Crippen LogP contribution is 2.26. The summed E-state index contributed by atoms with van der Waals surface area (Å²) < 4.78 is 16.9. The second-order valence-electron chi connectivity index (χ2n) is 4.22. The molecule has 2 aromatic rings. The van der Waals surface area contributed by atoms with Crippen molar-refractivity contribution in [1.29, 1.82) is 0 Å². The van der Waals surface area contributed by atoms with Gasteiger partial charge in [0.05, 0.1) is 25.0 Å². The first-order chi connectivity index (χ1) is 9.60. The van der Waals surface area contributed by atoms with Gasteiger partial charge in [0.1, 0.15) is 11.7 Å². The van der Waals surface area contributed by atoms with E-state index in [4.69, 9.17) is 13.9 Å². The van der Waals surface area contributed by atoms with Gasteiger partial charge < -0.3 is 18.5 Å². The monoisotopic (exact) mass is 279 g/mol. The summed E-state index contributed by atoms with van der Waals surface area (Å²) in [5, 5.41) is 0. The summed E-state index contributed by atoms with van der Waals surface area (Å²) in [5.74, 6) is -0.896. The van der Waals surface area contributed by atoms with E-state index in [2.05, 4.69) is 0 Å². The Morgan fingerprint density at radius 1 is 1.30 bits per heavy atom. The number of esters is 2. The van der Waals surface area contributed by atoms with Gasteiger partial charge in [0.15, 0.2) is 5.58 Å². The molecule has 108 valence electrons. The Morgan fingerprint density at radius 2 is 2.00 bits per heavy atom. The summed E-state index contributed by atoms with van der Waals surface area (Å²) in [6, 6.07) is 2.64. The lowest BCUT2D eigenvalue weighted by Crippen LogP contribution is -2.23. The molecule has 2 rings (SSSR count). The average Bonchev–Trinajstić information content (AvgIpc) is 2.98. The van der Waals surface area contributed by atoms with Crippen molar-refractivity contribution in [2.75, 3.05) is 13.2 Å². The van der Waals surface area contributed by atoms with Crippen LogP contribution in [0.2, 0.25) is 0 Å². The van der Waals surface area contributed by atoms with Crippen molar-refractivity contribution in [2.24, 2.45) is 0 Å². The van der Waals surface area contributed by atoms with E-state index in [1.165, 1.54) is 6.26 Å². The number of carbonyl (C=O) groups is 2. The van der Waals surface area contributed by atoms with E-state index in [0.717, 1.165) is 0 Å². The Hall–Kier alpha value is -2.24. The van der Waals surface area contributed by atoms with E-state index in [9.17, 15) is 9.59 Å². The molecule has 6 nitrogen and oxygen atoms in total. The summed E-state index contributed by atoms with van der Waals surface area (Å²) in [4.78, 5) is 23.9. The lowest BCUT2D eigenvalue weighted by atomic mass is 10.3. The average molecular weight is 279 g/mol. The van der Waals surface area contributed by atoms with Gasteiger partial charge in [-0.2, -0.15) is 0 Å². The summed E-state index contributed by atoms with van der Waals surface area (Å²) in [6.45, 7) is 5.68. The number of carbonyl (C=O) groups excluding carboxylic acids is 2. The van der Waals surface area contributed by atoms with Crippen molar-refractivity contribution in [3.05, 3.63) is 24.1 Å². The highest BCUT2D eigenvalue weighted by molar-refractivity contribution is 5.95. The number of rotatable bonds is 5. The molecule has 0 aliphatic heterocycles. The first-order valence-corrected chi connectivity index (χ1v) is 6.52. The fraction of sp³-hybridized carbons (Fsp3) is 0.429. The van der Waals surface area contributed by atoms with Gasteiger partial charge in [0.2, 0.25) is 0 Å². The molecule has 0 saturated carbocycles. The maximum Gasteiger partial charge on any atom is 0.355 e. The molecule has 0 fully saturated rings. The Labute approximate surface area is 116 Å². The van der Waals surface area contributed by atoms with Crippen LogP contribution in [0, 0.1) is 0 Å². The van der Waals surface area contributed by atoms with Gasteiger partial charge >= 0.3 is 11.9 Å². The molecule has 2 heterocycles. The molecule has 0 spiro atoms. The van der Waals surface area contributed by atoms with Crippen molar-refractivity contribution >= 4 is 23.0 Å². The fourth-order valence-corrected chi connectivity index (χ4v) is 2.09. The van der Waals surface area contributed by atoms with Gasteiger partial charge in [0, 0.05) is 12.1 Å². The van der Waals surface area contributed by atoms with Crippen LogP contribution in [0.5, 0.6) is 0 Å². The number of furan rings is 1. The zero-order valence-corrected chi connectivity index (χ0v) is 11.7. The van der Waals surface area contributed by atoms with Crippen molar-refractivity contribution in [2.45, 2.75) is 26.8 Å². The van der Waals surface area contributed by atoms with Crippen LogP contribution < -0.4 is 0 Å². The van der Waals surface area contributed by atoms with Crippen molar-refractivity contribution in [3.63, 3.8) is 0 Å². The number of aromatic nitrogens is 1. The predicted octanol–water partition coefficient (Wildman–Crippen LogP) is 2.54. The zero-order chi connectivity index (χ0) is 14.7. The quantitative estimate of drug-likeness (QED) is 0.786. The maximum atomic E-state index is 12.0. The molecule has 0 saturated heterocycles. The minimum Gasteiger partial charge on any atom is -0.464 e. The molecule has 0 aliphatic rings. The van der Waals surface area contributed by atoms with Gasteiger partial charge in [0.25, 0.3) is 0 Å². The van der Waals surface area contributed by atoms with Crippen LogP contribution in [-0.4, -0.2) is 29.7 Å². The lowest BCUT2D eigenvalue weighted by molar-refractivity contribution is -0.146. The molecular formula is C14H17NO5. The lowest BCUT2D eigenvalue weighted by Gasteiger charge is -2.16. The molecule has 6 heteroatoms. The highest BCUT2D eigenvalue weighted by Gasteiger charge is 2.26. The molecule has 0 aliphatic carbocycles. The van der Waals surface area contributed by atoms with Crippen molar-refractivity contribution in [1.82, 2.24) is 4.57 Å². The number of fused-ring (bicyclic) bond motifs is 1. The zero-order valence-electron chi connectivity index (χ0n) is 11.7. The van der Waals surface area contributed by atoms with Gasteiger partial charge in [-0.05, 0) is 20.8 Å². The third-order valence-corrected chi connectivity index (χ3v) is 2.96. The highest BCUT2D eigenvalue weighted by atomic mass is 16.5. The van der Waals surface area contributed by atoms with Crippen LogP contribution in [-0.2, 0) is 14.3 Å². The van der Waals surface area contributed by atoms with Crippen LogP contribution in [0.4, 0.5) is 0 Å². The maximum absolute atomic E-state index is 12.0. The Bertz CT molecular complexity index is 625. The SMILES string of the molecule is CCOC(=O)c1cc2occc2n1[C@@H](C)C(=O)OCC. The third kappa shape index (κ3) is 2.41. The topological polar surface area (TPSA) is 70.7 Å². The molecule has 0 radical (unpaired) electrons. The predicted molar refractivity (Wildman–Crippen MR) is 71.5 cm³/mol. The summed E-state index contributed by atoms with van der Waals surface area (Å²) >= 11 is 0. The number of ether oxygens (including phenoxy) is 2. The summed E-state index contributed by atoms with van der Waals surface area (Å²) in [6.07, 6.45) is 1.51. The number of nitrogens with zero attached hydrogens (tertiary/aromatic N) is 1. The van der Waals surface area contributed by atoms with Crippen LogP contribution in [0.1, 0.15) is 37.3 Å². The second kappa shape index (κ2) is 5.81. The summed E-state index contributed by atoms with van der Waals surface area (Å²) in [7, 11) is 0. The van der Waals surface area contributed by atoms with Crippen molar-refractivity contribution < 1.29 is 23.5 Å². The fourth-order valence-electron chi connectivity index (χ4n) is 2.09. The minimum absolute atomic E-state index is 0.263. The first-order valence-electron chi connectivity index (χ1n) is 6.52. The van der Waals surface area contributed by atoms with E-state index in [1.54, 1.807) is 37.5 Å². The van der Waals surface area contributed by atoms with E-state index >= 15 is 0 Å². The molecular weight excluding hydrogens is 262 g/mol. The van der Waals surface area contributed by atoms with E-state index in [-0.39, 0.29) is 18.9 Å². The first kappa shape index (κ1) is 14.2. The number of hydrogen-bond acceptors (Lipinski definition) is 5. The molecule has 2 aromatic heterocycles.